The lowest BCUT2D eigenvalue weighted by Gasteiger charge is -2.15. The second kappa shape index (κ2) is 9.75. The molecule has 0 aromatic heterocycles. The van der Waals surface area contributed by atoms with E-state index in [4.69, 9.17) is 15.2 Å². The molecule has 0 radical (unpaired) electrons. The number of carbonyl (C=O) groups is 1. The minimum absolute atomic E-state index is 0. The van der Waals surface area contributed by atoms with Crippen LogP contribution in [0.1, 0.15) is 33.1 Å². The highest BCUT2D eigenvalue weighted by atomic mass is 35.5. The van der Waals surface area contributed by atoms with E-state index in [2.05, 4.69) is 5.32 Å². The molecule has 1 aromatic carbocycles. The SMILES string of the molecule is CC(C)C[C@H](N)C(=O)Nc1ccc(OCC2CCCO2)cc1.Cl. The highest BCUT2D eigenvalue weighted by Crippen LogP contribution is 2.18. The first-order valence-electron chi connectivity index (χ1n) is 7.95. The lowest BCUT2D eigenvalue weighted by molar-refractivity contribution is -0.117. The van der Waals surface area contributed by atoms with Gasteiger partial charge in [0.15, 0.2) is 0 Å². The molecule has 2 atom stereocenters. The molecule has 1 fully saturated rings. The Morgan fingerprint density at radius 3 is 2.65 bits per heavy atom. The number of rotatable bonds is 7. The molecule has 5 nitrogen and oxygen atoms in total. The predicted octanol–water partition coefficient (Wildman–Crippen LogP) is 2.98. The Morgan fingerprint density at radius 2 is 2.09 bits per heavy atom. The summed E-state index contributed by atoms with van der Waals surface area (Å²) in [6, 6.07) is 6.86. The number of benzene rings is 1. The van der Waals surface area contributed by atoms with Gasteiger partial charge < -0.3 is 20.5 Å². The molecule has 130 valence electrons. The molecule has 0 saturated carbocycles. The molecule has 1 heterocycles. The third kappa shape index (κ3) is 6.77. The second-order valence-corrected chi connectivity index (χ2v) is 6.20. The maximum atomic E-state index is 11.9. The van der Waals surface area contributed by atoms with Crippen molar-refractivity contribution in [3.63, 3.8) is 0 Å². The fourth-order valence-electron chi connectivity index (χ4n) is 2.45. The van der Waals surface area contributed by atoms with Gasteiger partial charge in [-0.25, -0.2) is 0 Å². The zero-order valence-corrected chi connectivity index (χ0v) is 14.6. The van der Waals surface area contributed by atoms with Gasteiger partial charge in [-0.3, -0.25) is 4.79 Å². The molecule has 1 saturated heterocycles. The van der Waals surface area contributed by atoms with Gasteiger partial charge in [-0.15, -0.1) is 12.4 Å². The van der Waals surface area contributed by atoms with Crippen LogP contribution >= 0.6 is 12.4 Å². The predicted molar refractivity (Wildman–Crippen MR) is 94.2 cm³/mol. The van der Waals surface area contributed by atoms with Crippen LogP contribution in [0.5, 0.6) is 5.75 Å². The van der Waals surface area contributed by atoms with Gasteiger partial charge in [0, 0.05) is 12.3 Å². The summed E-state index contributed by atoms with van der Waals surface area (Å²) >= 11 is 0. The Morgan fingerprint density at radius 1 is 1.39 bits per heavy atom. The molecule has 2 rings (SSSR count). The van der Waals surface area contributed by atoms with Crippen molar-refractivity contribution in [2.75, 3.05) is 18.5 Å². The standard InChI is InChI=1S/C17H26N2O3.ClH/c1-12(2)10-16(18)17(20)19-13-5-7-14(8-6-13)22-11-15-4-3-9-21-15;/h5-8,12,15-16H,3-4,9-11,18H2,1-2H3,(H,19,20);1H/t15?,16-;/m0./s1. The van der Waals surface area contributed by atoms with Crippen molar-refractivity contribution < 1.29 is 14.3 Å². The van der Waals surface area contributed by atoms with Crippen molar-refractivity contribution in [2.45, 2.75) is 45.3 Å². The lowest BCUT2D eigenvalue weighted by Crippen LogP contribution is -2.36. The smallest absolute Gasteiger partial charge is 0.241 e. The Kier molecular flexibility index (Phi) is 8.37. The number of carbonyl (C=O) groups excluding carboxylic acids is 1. The van der Waals surface area contributed by atoms with Gasteiger partial charge in [0.2, 0.25) is 5.91 Å². The Balaban J connectivity index is 0.00000264. The molecule has 0 bridgehead atoms. The molecule has 1 aliphatic heterocycles. The lowest BCUT2D eigenvalue weighted by atomic mass is 10.0. The monoisotopic (exact) mass is 342 g/mol. The van der Waals surface area contributed by atoms with Crippen molar-refractivity contribution in [2.24, 2.45) is 11.7 Å². The van der Waals surface area contributed by atoms with Crippen molar-refractivity contribution in [3.05, 3.63) is 24.3 Å². The molecule has 1 aromatic rings. The Bertz CT molecular complexity index is 473. The number of halogens is 1. The minimum atomic E-state index is -0.476. The van der Waals surface area contributed by atoms with Crippen molar-refractivity contribution in [1.29, 1.82) is 0 Å². The van der Waals surface area contributed by atoms with Crippen LogP contribution in [0, 0.1) is 5.92 Å². The molecule has 1 amide bonds. The van der Waals surface area contributed by atoms with Crippen LogP contribution in [0.4, 0.5) is 5.69 Å². The van der Waals surface area contributed by atoms with E-state index in [1.165, 1.54) is 0 Å². The van der Waals surface area contributed by atoms with E-state index in [1.807, 2.05) is 38.1 Å². The molecule has 1 unspecified atom stereocenters. The second-order valence-electron chi connectivity index (χ2n) is 6.20. The van der Waals surface area contributed by atoms with E-state index in [-0.39, 0.29) is 24.4 Å². The third-order valence-electron chi connectivity index (χ3n) is 3.64. The summed E-state index contributed by atoms with van der Waals surface area (Å²) in [5.74, 6) is 1.02. The van der Waals surface area contributed by atoms with Gasteiger partial charge in [0.1, 0.15) is 12.4 Å². The van der Waals surface area contributed by atoms with Crippen LogP contribution in [0.2, 0.25) is 0 Å². The van der Waals surface area contributed by atoms with Gasteiger partial charge in [-0.05, 0) is 49.4 Å². The summed E-state index contributed by atoms with van der Waals surface area (Å²) in [5, 5.41) is 2.83. The third-order valence-corrected chi connectivity index (χ3v) is 3.64. The van der Waals surface area contributed by atoms with Crippen LogP contribution in [0.3, 0.4) is 0 Å². The van der Waals surface area contributed by atoms with Crippen LogP contribution in [-0.4, -0.2) is 31.3 Å². The van der Waals surface area contributed by atoms with Gasteiger partial charge >= 0.3 is 0 Å². The number of nitrogens with two attached hydrogens (primary N) is 1. The maximum absolute atomic E-state index is 11.9. The van der Waals surface area contributed by atoms with E-state index >= 15 is 0 Å². The summed E-state index contributed by atoms with van der Waals surface area (Å²) in [5.41, 5.74) is 6.59. The largest absolute Gasteiger partial charge is 0.491 e. The topological polar surface area (TPSA) is 73.6 Å². The molecular formula is C17H27ClN2O3. The van der Waals surface area contributed by atoms with Crippen molar-refractivity contribution in [1.82, 2.24) is 0 Å². The molecule has 3 N–H and O–H groups in total. The minimum Gasteiger partial charge on any atom is -0.491 e. The summed E-state index contributed by atoms with van der Waals surface area (Å²) < 4.78 is 11.2. The zero-order chi connectivity index (χ0) is 15.9. The van der Waals surface area contributed by atoms with Crippen LogP contribution in [0.25, 0.3) is 0 Å². The first-order chi connectivity index (χ1) is 10.5. The maximum Gasteiger partial charge on any atom is 0.241 e. The van der Waals surface area contributed by atoms with Crippen molar-refractivity contribution in [3.8, 4) is 5.75 Å². The average Bonchev–Trinajstić information content (AvgIpc) is 2.99. The summed E-state index contributed by atoms with van der Waals surface area (Å²) in [6.45, 7) is 5.50. The average molecular weight is 343 g/mol. The van der Waals surface area contributed by atoms with E-state index < -0.39 is 6.04 Å². The first kappa shape index (κ1) is 19.7. The fraction of sp³-hybridized carbons (Fsp3) is 0.588. The number of nitrogens with one attached hydrogen (secondary N) is 1. The Hall–Kier alpha value is -1.30. The number of hydrogen-bond acceptors (Lipinski definition) is 4. The van der Waals surface area contributed by atoms with E-state index in [1.54, 1.807) is 0 Å². The number of amides is 1. The van der Waals surface area contributed by atoms with Gasteiger partial charge in [-0.2, -0.15) is 0 Å². The van der Waals surface area contributed by atoms with Crippen molar-refractivity contribution >= 4 is 24.0 Å². The van der Waals surface area contributed by atoms with Crippen LogP contribution < -0.4 is 15.8 Å². The molecule has 6 heteroatoms. The zero-order valence-electron chi connectivity index (χ0n) is 13.8. The molecule has 0 aliphatic carbocycles. The van der Waals surface area contributed by atoms with Crippen LogP contribution in [0.15, 0.2) is 24.3 Å². The highest BCUT2D eigenvalue weighted by molar-refractivity contribution is 5.94. The van der Waals surface area contributed by atoms with Gasteiger partial charge in [0.25, 0.3) is 0 Å². The Labute approximate surface area is 144 Å². The van der Waals surface area contributed by atoms with E-state index in [0.717, 1.165) is 30.9 Å². The molecule has 23 heavy (non-hydrogen) atoms. The van der Waals surface area contributed by atoms with E-state index in [0.29, 0.717) is 18.9 Å². The number of hydrogen-bond donors (Lipinski definition) is 2. The first-order valence-corrected chi connectivity index (χ1v) is 7.95. The summed E-state index contributed by atoms with van der Waals surface area (Å²) in [4.78, 5) is 11.9. The fourth-order valence-corrected chi connectivity index (χ4v) is 2.45. The van der Waals surface area contributed by atoms with Crippen LogP contribution in [-0.2, 0) is 9.53 Å². The highest BCUT2D eigenvalue weighted by Gasteiger charge is 2.16. The molecule has 0 spiro atoms. The molecule has 1 aliphatic rings. The van der Waals surface area contributed by atoms with Gasteiger partial charge in [0.05, 0.1) is 12.1 Å². The summed E-state index contributed by atoms with van der Waals surface area (Å²) in [7, 11) is 0. The number of ether oxygens (including phenoxy) is 2. The van der Waals surface area contributed by atoms with E-state index in [9.17, 15) is 4.79 Å². The van der Waals surface area contributed by atoms with Gasteiger partial charge in [-0.1, -0.05) is 13.8 Å². The molecular weight excluding hydrogens is 316 g/mol. The summed E-state index contributed by atoms with van der Waals surface area (Å²) in [6.07, 6.45) is 3.04. The number of anilines is 1. The normalized spacial score (nSPS) is 18.3. The quantitative estimate of drug-likeness (QED) is 0.799.